The van der Waals surface area contributed by atoms with E-state index < -0.39 is 0 Å². The van der Waals surface area contributed by atoms with Gasteiger partial charge in [-0.2, -0.15) is 0 Å². The number of amides is 4. The van der Waals surface area contributed by atoms with Crippen LogP contribution in [0.25, 0.3) is 0 Å². The van der Waals surface area contributed by atoms with Gasteiger partial charge < -0.3 is 14.7 Å². The van der Waals surface area contributed by atoms with Crippen LogP contribution in [0.3, 0.4) is 0 Å². The van der Waals surface area contributed by atoms with Crippen molar-refractivity contribution in [3.63, 3.8) is 0 Å². The van der Waals surface area contributed by atoms with Crippen molar-refractivity contribution in [3.05, 3.63) is 17.5 Å². The van der Waals surface area contributed by atoms with Crippen LogP contribution in [-0.2, 0) is 13.0 Å². The van der Waals surface area contributed by atoms with Crippen molar-refractivity contribution >= 4 is 12.1 Å². The fourth-order valence-corrected chi connectivity index (χ4v) is 2.13. The Morgan fingerprint density at radius 1 is 1.47 bits per heavy atom. The van der Waals surface area contributed by atoms with Gasteiger partial charge in [0.15, 0.2) is 0 Å². The average molecular weight is 236 g/mol. The molecule has 4 amide bonds. The SMILES string of the molecule is O=C1NCCN1C(=O)N1CCc2oncc2C1. The normalized spacial score (nSPS) is 19.2. The van der Waals surface area contributed by atoms with Gasteiger partial charge in [0.2, 0.25) is 0 Å². The van der Waals surface area contributed by atoms with Crippen molar-refractivity contribution in [3.8, 4) is 0 Å². The molecule has 3 rings (SSSR count). The van der Waals surface area contributed by atoms with E-state index in [0.717, 1.165) is 11.3 Å². The van der Waals surface area contributed by atoms with Gasteiger partial charge in [0.05, 0.1) is 12.7 Å². The molecule has 0 aliphatic carbocycles. The fourth-order valence-electron chi connectivity index (χ4n) is 2.13. The monoisotopic (exact) mass is 236 g/mol. The van der Waals surface area contributed by atoms with Crippen LogP contribution in [0.15, 0.2) is 10.7 Å². The Bertz CT molecular complexity index is 470. The number of hydrogen-bond donors (Lipinski definition) is 1. The van der Waals surface area contributed by atoms with Crippen LogP contribution in [0.2, 0.25) is 0 Å². The molecule has 1 saturated heterocycles. The third-order valence-electron chi connectivity index (χ3n) is 3.06. The largest absolute Gasteiger partial charge is 0.361 e. The third-order valence-corrected chi connectivity index (χ3v) is 3.06. The number of carbonyl (C=O) groups excluding carboxylic acids is 2. The van der Waals surface area contributed by atoms with Gasteiger partial charge in [-0.1, -0.05) is 5.16 Å². The maximum atomic E-state index is 12.1. The maximum absolute atomic E-state index is 12.1. The lowest BCUT2D eigenvalue weighted by atomic mass is 10.1. The molecule has 17 heavy (non-hydrogen) atoms. The van der Waals surface area contributed by atoms with E-state index in [4.69, 9.17) is 4.52 Å². The van der Waals surface area contributed by atoms with E-state index in [1.165, 1.54) is 4.90 Å². The lowest BCUT2D eigenvalue weighted by Crippen LogP contribution is -2.46. The topological polar surface area (TPSA) is 78.7 Å². The van der Waals surface area contributed by atoms with Crippen LogP contribution in [0.4, 0.5) is 9.59 Å². The number of carbonyl (C=O) groups is 2. The summed E-state index contributed by atoms with van der Waals surface area (Å²) in [6.07, 6.45) is 2.27. The van der Waals surface area contributed by atoms with E-state index in [9.17, 15) is 9.59 Å². The number of nitrogens with one attached hydrogen (secondary N) is 1. The first-order valence-electron chi connectivity index (χ1n) is 5.52. The average Bonchev–Trinajstić information content (AvgIpc) is 2.95. The molecular weight excluding hydrogens is 224 g/mol. The van der Waals surface area contributed by atoms with E-state index in [-0.39, 0.29) is 12.1 Å². The van der Waals surface area contributed by atoms with Crippen LogP contribution >= 0.6 is 0 Å². The van der Waals surface area contributed by atoms with Crippen LogP contribution < -0.4 is 5.32 Å². The number of aromatic nitrogens is 1. The molecule has 0 unspecified atom stereocenters. The van der Waals surface area contributed by atoms with Crippen LogP contribution in [0.5, 0.6) is 0 Å². The Kier molecular flexibility index (Phi) is 2.24. The molecule has 0 aromatic carbocycles. The number of nitrogens with zero attached hydrogens (tertiary/aromatic N) is 3. The summed E-state index contributed by atoms with van der Waals surface area (Å²) in [6, 6.07) is -0.557. The fraction of sp³-hybridized carbons (Fsp3) is 0.500. The van der Waals surface area contributed by atoms with Crippen molar-refractivity contribution < 1.29 is 14.1 Å². The summed E-state index contributed by atoms with van der Waals surface area (Å²) in [4.78, 5) is 26.4. The minimum absolute atomic E-state index is 0.244. The number of fused-ring (bicyclic) bond motifs is 1. The summed E-state index contributed by atoms with van der Waals surface area (Å²) < 4.78 is 5.05. The Labute approximate surface area is 97.3 Å². The molecule has 0 bridgehead atoms. The highest BCUT2D eigenvalue weighted by molar-refractivity contribution is 5.95. The quantitative estimate of drug-likeness (QED) is 0.696. The van der Waals surface area contributed by atoms with Gasteiger partial charge in [0, 0.05) is 31.6 Å². The summed E-state index contributed by atoms with van der Waals surface area (Å²) >= 11 is 0. The molecule has 2 aliphatic heterocycles. The standard InChI is InChI=1S/C10H12N4O3/c15-9-11-2-4-14(9)10(16)13-3-1-8-7(6-13)5-12-17-8/h5H,1-4,6H2,(H,11,15). The molecule has 3 heterocycles. The second-order valence-electron chi connectivity index (χ2n) is 4.11. The van der Waals surface area contributed by atoms with E-state index in [2.05, 4.69) is 10.5 Å². The van der Waals surface area contributed by atoms with Gasteiger partial charge in [0.25, 0.3) is 0 Å². The summed E-state index contributed by atoms with van der Waals surface area (Å²) in [5.41, 5.74) is 0.921. The highest BCUT2D eigenvalue weighted by atomic mass is 16.5. The molecule has 1 aromatic heterocycles. The van der Waals surface area contributed by atoms with Crippen LogP contribution in [0, 0.1) is 0 Å². The predicted molar refractivity (Wildman–Crippen MR) is 56.1 cm³/mol. The maximum Gasteiger partial charge on any atom is 0.328 e. The smallest absolute Gasteiger partial charge is 0.328 e. The molecule has 1 N–H and O–H groups in total. The zero-order valence-corrected chi connectivity index (χ0v) is 9.18. The predicted octanol–water partition coefficient (Wildman–Crippen LogP) is 0.178. The van der Waals surface area contributed by atoms with E-state index >= 15 is 0 Å². The molecule has 7 nitrogen and oxygen atoms in total. The lowest BCUT2D eigenvalue weighted by molar-refractivity contribution is 0.157. The van der Waals surface area contributed by atoms with Gasteiger partial charge in [-0.3, -0.25) is 0 Å². The summed E-state index contributed by atoms with van der Waals surface area (Å²) in [6.45, 7) is 1.98. The molecule has 1 fully saturated rings. The molecule has 90 valence electrons. The molecule has 0 saturated carbocycles. The van der Waals surface area contributed by atoms with Gasteiger partial charge in [-0.15, -0.1) is 0 Å². The Balaban J connectivity index is 1.74. The number of imide groups is 1. The minimum Gasteiger partial charge on any atom is -0.361 e. The van der Waals surface area contributed by atoms with E-state index in [1.807, 2.05) is 0 Å². The Morgan fingerprint density at radius 2 is 2.35 bits per heavy atom. The molecule has 0 spiro atoms. The van der Waals surface area contributed by atoms with Crippen molar-refractivity contribution in [2.45, 2.75) is 13.0 Å². The summed E-state index contributed by atoms with van der Waals surface area (Å²) in [7, 11) is 0. The van der Waals surface area contributed by atoms with Gasteiger partial charge >= 0.3 is 12.1 Å². The van der Waals surface area contributed by atoms with E-state index in [1.54, 1.807) is 11.1 Å². The molecular formula is C10H12N4O3. The lowest BCUT2D eigenvalue weighted by Gasteiger charge is -2.28. The Morgan fingerprint density at radius 3 is 3.12 bits per heavy atom. The molecule has 7 heteroatoms. The zero-order chi connectivity index (χ0) is 11.8. The third kappa shape index (κ3) is 1.63. The zero-order valence-electron chi connectivity index (χ0n) is 9.18. The first kappa shape index (κ1) is 10.1. The van der Waals surface area contributed by atoms with Crippen molar-refractivity contribution in [2.24, 2.45) is 0 Å². The van der Waals surface area contributed by atoms with Crippen LogP contribution in [0.1, 0.15) is 11.3 Å². The first-order valence-corrected chi connectivity index (χ1v) is 5.52. The highest BCUT2D eigenvalue weighted by Crippen LogP contribution is 2.19. The molecule has 0 atom stereocenters. The molecule has 1 aromatic rings. The van der Waals surface area contributed by atoms with E-state index in [0.29, 0.717) is 32.6 Å². The molecule has 2 aliphatic rings. The second-order valence-corrected chi connectivity index (χ2v) is 4.11. The van der Waals surface area contributed by atoms with Crippen molar-refractivity contribution in [1.82, 2.24) is 20.3 Å². The van der Waals surface area contributed by atoms with Gasteiger partial charge in [0.1, 0.15) is 5.76 Å². The molecule has 0 radical (unpaired) electrons. The van der Waals surface area contributed by atoms with Crippen molar-refractivity contribution in [1.29, 1.82) is 0 Å². The first-order chi connectivity index (χ1) is 8.25. The van der Waals surface area contributed by atoms with Gasteiger partial charge in [-0.25, -0.2) is 14.5 Å². The number of hydrogen-bond acceptors (Lipinski definition) is 4. The van der Waals surface area contributed by atoms with Crippen molar-refractivity contribution in [2.75, 3.05) is 19.6 Å². The number of rotatable bonds is 0. The van der Waals surface area contributed by atoms with Crippen LogP contribution in [-0.4, -0.2) is 46.7 Å². The Hall–Kier alpha value is -2.05. The summed E-state index contributed by atoms with van der Waals surface area (Å²) in [5.74, 6) is 0.833. The number of urea groups is 2. The minimum atomic E-state index is -0.314. The second kappa shape index (κ2) is 3.76. The highest BCUT2D eigenvalue weighted by Gasteiger charge is 2.32. The summed E-state index contributed by atoms with van der Waals surface area (Å²) in [5, 5.41) is 6.32. The van der Waals surface area contributed by atoms with Gasteiger partial charge in [-0.05, 0) is 0 Å².